The van der Waals surface area contributed by atoms with Gasteiger partial charge in [-0.05, 0) is 87.7 Å². The number of aliphatic hydroxyl groups is 1. The van der Waals surface area contributed by atoms with Gasteiger partial charge in [-0.1, -0.05) is 56.7 Å². The summed E-state index contributed by atoms with van der Waals surface area (Å²) in [5.41, 5.74) is 4.07. The van der Waals surface area contributed by atoms with Gasteiger partial charge in [0.15, 0.2) is 0 Å². The smallest absolute Gasteiger partial charge is 0.335 e. The molecule has 1 aliphatic carbocycles. The van der Waals surface area contributed by atoms with Gasteiger partial charge in [-0.2, -0.15) is 0 Å². The maximum Gasteiger partial charge on any atom is 0.335 e. The van der Waals surface area contributed by atoms with Gasteiger partial charge in [0.1, 0.15) is 0 Å². The topological polar surface area (TPSA) is 72.8 Å². The van der Waals surface area contributed by atoms with Crippen LogP contribution < -0.4 is 0 Å². The van der Waals surface area contributed by atoms with Crippen LogP contribution in [0.1, 0.15) is 89.7 Å². The van der Waals surface area contributed by atoms with Crippen molar-refractivity contribution in [3.05, 3.63) is 59.7 Å². The third kappa shape index (κ3) is 13.6. The molecule has 0 aliphatic heterocycles. The van der Waals surface area contributed by atoms with Crippen LogP contribution in [0, 0.1) is 17.8 Å². The molecule has 202 valence electrons. The van der Waals surface area contributed by atoms with Gasteiger partial charge in [-0.15, -0.1) is 6.58 Å². The molecule has 1 aromatic carbocycles. The summed E-state index contributed by atoms with van der Waals surface area (Å²) in [6.45, 7) is 16.0. The van der Waals surface area contributed by atoms with Gasteiger partial charge < -0.3 is 14.6 Å². The number of aliphatic hydroxyl groups excluding tert-OH is 1. The largest absolute Gasteiger partial charge is 0.467 e. The summed E-state index contributed by atoms with van der Waals surface area (Å²) in [5, 5.41) is 8.99. The van der Waals surface area contributed by atoms with Gasteiger partial charge in [0.25, 0.3) is 6.47 Å². The van der Waals surface area contributed by atoms with Gasteiger partial charge in [0.2, 0.25) is 0 Å². The van der Waals surface area contributed by atoms with Crippen molar-refractivity contribution < 1.29 is 24.2 Å². The molecule has 1 saturated carbocycles. The normalized spacial score (nSPS) is 17.9. The number of aryl methyl sites for hydroxylation is 1. The van der Waals surface area contributed by atoms with E-state index in [1.807, 2.05) is 13.8 Å². The SMILES string of the molecule is C=C(C)C.C=C(CO)C(=O)OCC(COC=O)CC1CCC(c2ccc(CCCC(C)C)cc2)CC1. The molecule has 1 unspecified atom stereocenters. The molecule has 5 heteroatoms. The predicted molar refractivity (Wildman–Crippen MR) is 147 cm³/mol. The minimum atomic E-state index is -0.597. The lowest BCUT2D eigenvalue weighted by Gasteiger charge is -2.31. The van der Waals surface area contributed by atoms with Crippen LogP contribution in [-0.2, 0) is 25.5 Å². The summed E-state index contributed by atoms with van der Waals surface area (Å²) in [4.78, 5) is 22.4. The Hall–Kier alpha value is -2.40. The van der Waals surface area contributed by atoms with Crippen LogP contribution in [0.2, 0.25) is 0 Å². The van der Waals surface area contributed by atoms with E-state index in [0.29, 0.717) is 18.3 Å². The molecule has 1 atom stereocenters. The summed E-state index contributed by atoms with van der Waals surface area (Å²) < 4.78 is 10.2. The molecule has 5 nitrogen and oxygen atoms in total. The first-order chi connectivity index (χ1) is 17.2. The zero-order valence-electron chi connectivity index (χ0n) is 23.0. The number of hydrogen-bond acceptors (Lipinski definition) is 5. The standard InChI is InChI=1S/C27H40O5.C4H8/c1-20(2)5-4-6-22-7-11-25(12-8-22)26-13-9-23(10-14-26)15-24(17-31-19-29)18-32-27(30)21(3)16-28;1-4(2)3/h7-8,11-12,19-20,23-24,26,28H,3-6,9-10,13-18H2,1-2H3;1H2,2-3H3. The van der Waals surface area contributed by atoms with Crippen molar-refractivity contribution in [3.63, 3.8) is 0 Å². The van der Waals surface area contributed by atoms with Crippen LogP contribution in [-0.4, -0.2) is 37.4 Å². The summed E-state index contributed by atoms with van der Waals surface area (Å²) in [6, 6.07) is 9.21. The Morgan fingerprint density at radius 2 is 1.69 bits per heavy atom. The number of rotatable bonds is 14. The Labute approximate surface area is 219 Å². The third-order valence-corrected chi connectivity index (χ3v) is 6.54. The molecule has 1 aromatic rings. The van der Waals surface area contributed by atoms with Crippen molar-refractivity contribution in [1.29, 1.82) is 0 Å². The molecule has 0 saturated heterocycles. The molecule has 1 aliphatic rings. The van der Waals surface area contributed by atoms with E-state index in [0.717, 1.165) is 44.4 Å². The fourth-order valence-electron chi connectivity index (χ4n) is 4.59. The summed E-state index contributed by atoms with van der Waals surface area (Å²) >= 11 is 0. The maximum absolute atomic E-state index is 11.8. The third-order valence-electron chi connectivity index (χ3n) is 6.54. The number of benzene rings is 1. The fourth-order valence-corrected chi connectivity index (χ4v) is 4.59. The quantitative estimate of drug-likeness (QED) is 0.132. The molecular weight excluding hydrogens is 452 g/mol. The predicted octanol–water partition coefficient (Wildman–Crippen LogP) is 6.79. The van der Waals surface area contributed by atoms with Crippen LogP contribution in [0.3, 0.4) is 0 Å². The Morgan fingerprint density at radius 1 is 1.08 bits per heavy atom. The molecule has 0 aromatic heterocycles. The van der Waals surface area contributed by atoms with E-state index in [1.54, 1.807) is 0 Å². The van der Waals surface area contributed by atoms with Crippen LogP contribution in [0.5, 0.6) is 0 Å². The number of hydrogen-bond donors (Lipinski definition) is 1. The van der Waals surface area contributed by atoms with Crippen molar-refractivity contribution in [3.8, 4) is 0 Å². The number of ether oxygens (including phenoxy) is 2. The lowest BCUT2D eigenvalue weighted by molar-refractivity contribution is -0.142. The molecule has 36 heavy (non-hydrogen) atoms. The van der Waals surface area contributed by atoms with Crippen molar-refractivity contribution in [2.45, 2.75) is 85.0 Å². The maximum atomic E-state index is 11.8. The average Bonchev–Trinajstić information content (AvgIpc) is 2.85. The summed E-state index contributed by atoms with van der Waals surface area (Å²) in [7, 11) is 0. The van der Waals surface area contributed by atoms with E-state index in [1.165, 1.54) is 29.5 Å². The molecule has 0 radical (unpaired) electrons. The second-order valence-corrected chi connectivity index (χ2v) is 10.8. The van der Waals surface area contributed by atoms with Crippen molar-refractivity contribution >= 4 is 12.4 Å². The molecule has 0 amide bonds. The van der Waals surface area contributed by atoms with Crippen LogP contribution in [0.4, 0.5) is 0 Å². The van der Waals surface area contributed by atoms with Gasteiger partial charge in [0, 0.05) is 5.92 Å². The molecular formula is C31H48O5. The van der Waals surface area contributed by atoms with Gasteiger partial charge in [-0.25, -0.2) is 4.79 Å². The van der Waals surface area contributed by atoms with Crippen molar-refractivity contribution in [2.24, 2.45) is 17.8 Å². The van der Waals surface area contributed by atoms with E-state index in [9.17, 15) is 9.59 Å². The van der Waals surface area contributed by atoms with Gasteiger partial charge >= 0.3 is 5.97 Å². The molecule has 0 heterocycles. The van der Waals surface area contributed by atoms with Gasteiger partial charge in [-0.3, -0.25) is 4.79 Å². The first-order valence-electron chi connectivity index (χ1n) is 13.4. The molecule has 0 spiro atoms. The first-order valence-corrected chi connectivity index (χ1v) is 13.4. The second kappa shape index (κ2) is 17.9. The Kier molecular flexibility index (Phi) is 15.8. The van der Waals surface area contributed by atoms with E-state index < -0.39 is 12.6 Å². The number of allylic oxidation sites excluding steroid dienone is 1. The summed E-state index contributed by atoms with van der Waals surface area (Å²) in [6.07, 6.45) is 9.09. The number of carbonyl (C=O) groups excluding carboxylic acids is 2. The summed E-state index contributed by atoms with van der Waals surface area (Å²) in [5.74, 6) is 1.26. The fraction of sp³-hybridized carbons (Fsp3) is 0.613. The lowest BCUT2D eigenvalue weighted by Crippen LogP contribution is -2.24. The van der Waals surface area contributed by atoms with E-state index in [-0.39, 0.29) is 24.7 Å². The zero-order chi connectivity index (χ0) is 26.9. The van der Waals surface area contributed by atoms with E-state index >= 15 is 0 Å². The minimum absolute atomic E-state index is 0.0338. The first kappa shape index (κ1) is 31.6. The Morgan fingerprint density at radius 3 is 2.22 bits per heavy atom. The molecule has 0 bridgehead atoms. The van der Waals surface area contributed by atoms with Crippen LogP contribution in [0.15, 0.2) is 48.6 Å². The highest BCUT2D eigenvalue weighted by atomic mass is 16.5. The average molecular weight is 501 g/mol. The molecule has 2 rings (SSSR count). The highest BCUT2D eigenvalue weighted by molar-refractivity contribution is 5.87. The van der Waals surface area contributed by atoms with E-state index in [2.05, 4.69) is 51.3 Å². The van der Waals surface area contributed by atoms with E-state index in [4.69, 9.17) is 14.6 Å². The van der Waals surface area contributed by atoms with Gasteiger partial charge in [0.05, 0.1) is 25.4 Å². The second-order valence-electron chi connectivity index (χ2n) is 10.8. The zero-order valence-corrected chi connectivity index (χ0v) is 23.0. The molecule has 1 fully saturated rings. The molecule has 1 N–H and O–H groups in total. The number of esters is 1. The van der Waals surface area contributed by atoms with Crippen LogP contribution >= 0.6 is 0 Å². The highest BCUT2D eigenvalue weighted by Crippen LogP contribution is 2.38. The highest BCUT2D eigenvalue weighted by Gasteiger charge is 2.26. The number of carbonyl (C=O) groups is 2. The van der Waals surface area contributed by atoms with Crippen molar-refractivity contribution in [1.82, 2.24) is 0 Å². The Balaban J connectivity index is 0.00000150. The lowest BCUT2D eigenvalue weighted by atomic mass is 9.76. The minimum Gasteiger partial charge on any atom is -0.467 e. The van der Waals surface area contributed by atoms with Crippen molar-refractivity contribution in [2.75, 3.05) is 19.8 Å². The van der Waals surface area contributed by atoms with Crippen LogP contribution in [0.25, 0.3) is 0 Å². The Bertz CT molecular complexity index is 784. The monoisotopic (exact) mass is 500 g/mol.